The Hall–Kier alpha value is -0.460. The molecule has 0 aromatic heterocycles. The van der Waals surface area contributed by atoms with Gasteiger partial charge < -0.3 is 25.5 Å². The molecule has 4 saturated carbocycles. The second kappa shape index (κ2) is 8.27. The van der Waals surface area contributed by atoms with Crippen LogP contribution >= 0.6 is 0 Å². The van der Waals surface area contributed by atoms with E-state index in [0.29, 0.717) is 31.1 Å². The highest BCUT2D eigenvalue weighted by Gasteiger charge is 2.72. The van der Waals surface area contributed by atoms with Crippen LogP contribution in [0.15, 0.2) is 12.2 Å². The van der Waals surface area contributed by atoms with Crippen molar-refractivity contribution in [3.63, 3.8) is 0 Å². The molecule has 202 valence electrons. The number of fused-ring (bicyclic) bond motifs is 5. The average Bonchev–Trinajstić information content (AvgIpc) is 2.99. The quantitative estimate of drug-likeness (QED) is 0.374. The van der Waals surface area contributed by atoms with Gasteiger partial charge in [-0.15, -0.1) is 0 Å². The number of aliphatic hydroxyl groups is 5. The Morgan fingerprint density at radius 2 is 1.46 bits per heavy atom. The maximum atomic E-state index is 11.8. The van der Waals surface area contributed by atoms with Crippen molar-refractivity contribution in [2.45, 2.75) is 130 Å². The predicted octanol–water partition coefficient (Wildman–Crippen LogP) is 4.44. The van der Waals surface area contributed by atoms with E-state index in [9.17, 15) is 25.5 Å². The number of hydrogen-bond donors (Lipinski definition) is 5. The third kappa shape index (κ3) is 3.98. The third-order valence-corrected chi connectivity index (χ3v) is 12.2. The van der Waals surface area contributed by atoms with E-state index in [1.54, 1.807) is 26.8 Å². The summed E-state index contributed by atoms with van der Waals surface area (Å²) in [4.78, 5) is 0. The Kier molecular flexibility index (Phi) is 6.51. The first-order valence-corrected chi connectivity index (χ1v) is 14.0. The van der Waals surface area contributed by atoms with Gasteiger partial charge in [0.25, 0.3) is 0 Å². The fourth-order valence-electron chi connectivity index (χ4n) is 10.3. The first kappa shape index (κ1) is 27.6. The van der Waals surface area contributed by atoms with Crippen molar-refractivity contribution in [3.05, 3.63) is 12.2 Å². The summed E-state index contributed by atoms with van der Waals surface area (Å²) in [5.41, 5.74) is -2.62. The number of rotatable bonds is 4. The molecule has 0 unspecified atom stereocenters. The van der Waals surface area contributed by atoms with Gasteiger partial charge in [0, 0.05) is 5.92 Å². The highest BCUT2D eigenvalue weighted by atomic mass is 16.3. The molecule has 0 aliphatic heterocycles. The molecule has 0 radical (unpaired) electrons. The lowest BCUT2D eigenvalue weighted by molar-refractivity contribution is -0.246. The van der Waals surface area contributed by atoms with Crippen LogP contribution in [-0.2, 0) is 0 Å². The Morgan fingerprint density at radius 3 is 2.06 bits per heavy atom. The molecule has 0 heterocycles. The number of hydrogen-bond acceptors (Lipinski definition) is 5. The molecule has 0 saturated heterocycles. The minimum Gasteiger partial charge on any atom is -0.393 e. The highest BCUT2D eigenvalue weighted by Crippen LogP contribution is 2.75. The molecule has 5 nitrogen and oxygen atoms in total. The molecule has 0 bridgehead atoms. The molecule has 4 rings (SSSR count). The van der Waals surface area contributed by atoms with Crippen molar-refractivity contribution in [2.24, 2.45) is 45.3 Å². The van der Waals surface area contributed by atoms with Gasteiger partial charge in [-0.1, -0.05) is 46.8 Å². The molecule has 5 heteroatoms. The van der Waals surface area contributed by atoms with E-state index >= 15 is 0 Å². The zero-order valence-electron chi connectivity index (χ0n) is 23.4. The highest BCUT2D eigenvalue weighted by molar-refractivity contribution is 5.21. The van der Waals surface area contributed by atoms with Gasteiger partial charge in [0.1, 0.15) is 0 Å². The van der Waals surface area contributed by atoms with E-state index < -0.39 is 29.3 Å². The van der Waals surface area contributed by atoms with Gasteiger partial charge in [-0.05, 0) is 105 Å². The van der Waals surface area contributed by atoms with Crippen molar-refractivity contribution in [2.75, 3.05) is 0 Å². The molecular formula is C30H52O5. The van der Waals surface area contributed by atoms with Crippen LogP contribution in [0, 0.1) is 45.3 Å². The average molecular weight is 493 g/mol. The summed E-state index contributed by atoms with van der Waals surface area (Å²) < 4.78 is 0. The van der Waals surface area contributed by atoms with Gasteiger partial charge in [-0.3, -0.25) is 0 Å². The van der Waals surface area contributed by atoms with Crippen molar-refractivity contribution in [1.29, 1.82) is 0 Å². The van der Waals surface area contributed by atoms with E-state index in [-0.39, 0.29) is 33.7 Å². The molecule has 4 fully saturated rings. The minimum absolute atomic E-state index is 0.0334. The Morgan fingerprint density at radius 1 is 0.829 bits per heavy atom. The van der Waals surface area contributed by atoms with Crippen LogP contribution < -0.4 is 0 Å². The fourth-order valence-corrected chi connectivity index (χ4v) is 10.3. The van der Waals surface area contributed by atoms with Crippen LogP contribution in [0.3, 0.4) is 0 Å². The standard InChI is InChI=1S/C30H52O5/c1-25(2,34)12-9-13-30(8,35)24-19(32)17-29(7)23(24)18(31)16-21-27(5)14-11-22(33)26(3,4)20(27)10-15-28(21,29)6/h9,12,18-24,31-35H,10-11,13-17H2,1-8H3/b12-9+/t18-,19+,20+,21-,22+,23-,24+,27+,28-,29-,30+/m1/s1. The second-order valence-corrected chi connectivity index (χ2v) is 15.1. The lowest BCUT2D eigenvalue weighted by atomic mass is 9.35. The summed E-state index contributed by atoms with van der Waals surface area (Å²) in [6.45, 7) is 16.7. The van der Waals surface area contributed by atoms with Crippen LogP contribution in [0.1, 0.15) is 100 Å². The topological polar surface area (TPSA) is 101 Å². The largest absolute Gasteiger partial charge is 0.393 e. The van der Waals surface area contributed by atoms with Crippen LogP contribution in [-0.4, -0.2) is 55.0 Å². The zero-order valence-corrected chi connectivity index (χ0v) is 23.4. The zero-order chi connectivity index (χ0) is 26.4. The van der Waals surface area contributed by atoms with Gasteiger partial charge in [0.15, 0.2) is 0 Å². The van der Waals surface area contributed by atoms with Crippen molar-refractivity contribution >= 4 is 0 Å². The van der Waals surface area contributed by atoms with E-state index in [1.807, 2.05) is 6.08 Å². The van der Waals surface area contributed by atoms with Crippen LogP contribution in [0.4, 0.5) is 0 Å². The van der Waals surface area contributed by atoms with Crippen LogP contribution in [0.5, 0.6) is 0 Å². The summed E-state index contributed by atoms with van der Waals surface area (Å²) in [6, 6.07) is 0. The van der Waals surface area contributed by atoms with E-state index in [2.05, 4.69) is 34.6 Å². The Balaban J connectivity index is 1.70. The van der Waals surface area contributed by atoms with Gasteiger partial charge in [0.05, 0.1) is 29.5 Å². The van der Waals surface area contributed by atoms with E-state index in [1.165, 1.54) is 0 Å². The van der Waals surface area contributed by atoms with Crippen molar-refractivity contribution in [3.8, 4) is 0 Å². The van der Waals surface area contributed by atoms with Gasteiger partial charge in [0.2, 0.25) is 0 Å². The Bertz CT molecular complexity index is 842. The summed E-state index contributed by atoms with van der Waals surface area (Å²) in [5, 5.41) is 55.8. The SMILES string of the molecule is CC(C)(O)/C=C/C[C@](C)(O)[C@@H]1[C@H]2[C@H](O)C[C@@H]3[C@@]4(C)CC[C@H](O)C(C)(C)[C@@H]4CC[C@@]3(C)[C@]2(C)C[C@@H]1O. The molecule has 11 atom stereocenters. The lowest BCUT2D eigenvalue weighted by Gasteiger charge is -2.70. The van der Waals surface area contributed by atoms with Crippen LogP contribution in [0.25, 0.3) is 0 Å². The molecule has 5 N–H and O–H groups in total. The summed E-state index contributed by atoms with van der Waals surface area (Å²) in [6.07, 6.45) is 7.40. The lowest BCUT2D eigenvalue weighted by Crippen LogP contribution is -2.66. The fraction of sp³-hybridized carbons (Fsp3) is 0.933. The second-order valence-electron chi connectivity index (χ2n) is 15.1. The molecular weight excluding hydrogens is 440 g/mol. The third-order valence-electron chi connectivity index (χ3n) is 12.2. The monoisotopic (exact) mass is 492 g/mol. The molecule has 0 aromatic carbocycles. The Labute approximate surface area is 213 Å². The van der Waals surface area contributed by atoms with E-state index in [4.69, 9.17) is 0 Å². The van der Waals surface area contributed by atoms with Gasteiger partial charge >= 0.3 is 0 Å². The van der Waals surface area contributed by atoms with Crippen molar-refractivity contribution < 1.29 is 25.5 Å². The molecule has 4 aliphatic carbocycles. The molecule has 35 heavy (non-hydrogen) atoms. The normalized spacial score (nSPS) is 51.4. The summed E-state index contributed by atoms with van der Waals surface area (Å²) >= 11 is 0. The smallest absolute Gasteiger partial charge is 0.0771 e. The first-order valence-electron chi connectivity index (χ1n) is 14.0. The molecule has 0 spiro atoms. The summed E-state index contributed by atoms with van der Waals surface area (Å²) in [5.74, 6) is 0.0950. The minimum atomic E-state index is -1.19. The molecule has 0 amide bonds. The van der Waals surface area contributed by atoms with Crippen LogP contribution in [0.2, 0.25) is 0 Å². The van der Waals surface area contributed by atoms with Gasteiger partial charge in [-0.25, -0.2) is 0 Å². The van der Waals surface area contributed by atoms with E-state index in [0.717, 1.165) is 25.7 Å². The maximum Gasteiger partial charge on any atom is 0.0771 e. The maximum absolute atomic E-state index is 11.8. The number of aliphatic hydroxyl groups excluding tert-OH is 3. The molecule has 0 aromatic rings. The predicted molar refractivity (Wildman–Crippen MR) is 138 cm³/mol. The molecule has 4 aliphatic rings. The first-order chi connectivity index (χ1) is 15.8. The van der Waals surface area contributed by atoms with Gasteiger partial charge in [-0.2, -0.15) is 0 Å². The van der Waals surface area contributed by atoms with Crippen molar-refractivity contribution in [1.82, 2.24) is 0 Å². The summed E-state index contributed by atoms with van der Waals surface area (Å²) in [7, 11) is 0.